The molecule has 3 aromatic heterocycles. The zero-order valence-corrected chi connectivity index (χ0v) is 13.3. The summed E-state index contributed by atoms with van der Waals surface area (Å²) >= 11 is 0. The van der Waals surface area contributed by atoms with Crippen LogP contribution in [0.4, 0.5) is 5.95 Å². The van der Waals surface area contributed by atoms with Crippen molar-refractivity contribution in [2.45, 2.75) is 26.4 Å². The van der Waals surface area contributed by atoms with Crippen molar-refractivity contribution in [3.8, 4) is 11.5 Å². The zero-order chi connectivity index (χ0) is 16.9. The number of rotatable bonds is 6. The summed E-state index contributed by atoms with van der Waals surface area (Å²) in [7, 11) is 0. The van der Waals surface area contributed by atoms with Crippen LogP contribution >= 0.6 is 0 Å². The first-order valence-corrected chi connectivity index (χ1v) is 7.64. The molecule has 0 saturated heterocycles. The molecule has 3 aromatic rings. The van der Waals surface area contributed by atoms with Crippen molar-refractivity contribution in [3.63, 3.8) is 0 Å². The predicted octanol–water partition coefficient (Wildman–Crippen LogP) is 1.86. The molecule has 0 aliphatic rings. The van der Waals surface area contributed by atoms with Crippen molar-refractivity contribution < 1.29 is 9.21 Å². The molecule has 3 rings (SSSR count). The number of nitrogens with two attached hydrogens (primary N) is 1. The van der Waals surface area contributed by atoms with Gasteiger partial charge in [-0.2, -0.15) is 0 Å². The third kappa shape index (κ3) is 3.43. The highest BCUT2D eigenvalue weighted by atomic mass is 16.3. The Morgan fingerprint density at radius 3 is 3.04 bits per heavy atom. The van der Waals surface area contributed by atoms with E-state index in [1.54, 1.807) is 24.4 Å². The van der Waals surface area contributed by atoms with Crippen LogP contribution in [0.2, 0.25) is 0 Å². The Balaban J connectivity index is 1.74. The van der Waals surface area contributed by atoms with E-state index in [4.69, 9.17) is 10.2 Å². The predicted molar refractivity (Wildman–Crippen MR) is 87.8 cm³/mol. The summed E-state index contributed by atoms with van der Waals surface area (Å²) < 4.78 is 7.28. The molecule has 0 aliphatic heterocycles. The Kier molecular flexibility index (Phi) is 4.55. The number of carbonyl (C=O) groups is 1. The van der Waals surface area contributed by atoms with Crippen LogP contribution in [-0.4, -0.2) is 25.4 Å². The first kappa shape index (κ1) is 15.7. The fourth-order valence-corrected chi connectivity index (χ4v) is 2.33. The highest BCUT2D eigenvalue weighted by molar-refractivity contribution is 5.93. The van der Waals surface area contributed by atoms with E-state index < -0.39 is 0 Å². The SMILES string of the molecule is CCCn1ccnc1CNC(=O)c1cc(-c2ccco2)nc(N)n1. The van der Waals surface area contributed by atoms with Crippen molar-refractivity contribution >= 4 is 11.9 Å². The van der Waals surface area contributed by atoms with Crippen molar-refractivity contribution in [1.29, 1.82) is 0 Å². The highest BCUT2D eigenvalue weighted by Gasteiger charge is 2.14. The number of hydrogen-bond donors (Lipinski definition) is 2. The molecule has 3 N–H and O–H groups in total. The normalized spacial score (nSPS) is 10.7. The van der Waals surface area contributed by atoms with Crippen molar-refractivity contribution in [2.24, 2.45) is 0 Å². The van der Waals surface area contributed by atoms with Gasteiger partial charge in [0.15, 0.2) is 5.76 Å². The van der Waals surface area contributed by atoms with Gasteiger partial charge in [0, 0.05) is 18.9 Å². The molecular weight excluding hydrogens is 308 g/mol. The summed E-state index contributed by atoms with van der Waals surface area (Å²) in [6.07, 6.45) is 6.13. The summed E-state index contributed by atoms with van der Waals surface area (Å²) in [6.45, 7) is 3.25. The maximum absolute atomic E-state index is 12.4. The Bertz CT molecular complexity index is 825. The van der Waals surface area contributed by atoms with Gasteiger partial charge in [0.05, 0.1) is 12.8 Å². The van der Waals surface area contributed by atoms with Gasteiger partial charge in [0.1, 0.15) is 17.2 Å². The van der Waals surface area contributed by atoms with Crippen LogP contribution in [0, 0.1) is 0 Å². The standard InChI is InChI=1S/C16H18N6O2/c1-2-6-22-7-5-18-14(22)10-19-15(23)12-9-11(20-16(17)21-12)13-4-3-8-24-13/h3-5,7-9H,2,6,10H2,1H3,(H,19,23)(H2,17,20,21). The lowest BCUT2D eigenvalue weighted by Crippen LogP contribution is -2.26. The van der Waals surface area contributed by atoms with E-state index in [0.29, 0.717) is 18.0 Å². The molecule has 0 unspecified atom stereocenters. The van der Waals surface area contributed by atoms with Gasteiger partial charge in [-0.25, -0.2) is 15.0 Å². The second-order valence-electron chi connectivity index (χ2n) is 5.19. The first-order chi connectivity index (χ1) is 11.7. The smallest absolute Gasteiger partial charge is 0.270 e. The van der Waals surface area contributed by atoms with Gasteiger partial charge in [0.2, 0.25) is 5.95 Å². The Morgan fingerprint density at radius 2 is 2.29 bits per heavy atom. The number of nitrogen functional groups attached to an aromatic ring is 1. The number of aryl methyl sites for hydroxylation is 1. The molecule has 124 valence electrons. The van der Waals surface area contributed by atoms with Crippen LogP contribution < -0.4 is 11.1 Å². The highest BCUT2D eigenvalue weighted by Crippen LogP contribution is 2.18. The quantitative estimate of drug-likeness (QED) is 0.715. The van der Waals surface area contributed by atoms with E-state index in [2.05, 4.69) is 27.2 Å². The van der Waals surface area contributed by atoms with E-state index >= 15 is 0 Å². The molecule has 0 radical (unpaired) electrons. The second kappa shape index (κ2) is 6.95. The van der Waals surface area contributed by atoms with Crippen LogP contribution in [0.3, 0.4) is 0 Å². The monoisotopic (exact) mass is 326 g/mol. The largest absolute Gasteiger partial charge is 0.463 e. The number of furan rings is 1. The minimum atomic E-state index is -0.344. The van der Waals surface area contributed by atoms with Crippen molar-refractivity contribution in [2.75, 3.05) is 5.73 Å². The van der Waals surface area contributed by atoms with Gasteiger partial charge in [-0.15, -0.1) is 0 Å². The summed E-state index contributed by atoms with van der Waals surface area (Å²) in [6, 6.07) is 5.02. The number of carbonyl (C=O) groups excluding carboxylic acids is 1. The maximum atomic E-state index is 12.4. The number of nitrogens with one attached hydrogen (secondary N) is 1. The van der Waals surface area contributed by atoms with Crippen molar-refractivity contribution in [1.82, 2.24) is 24.8 Å². The number of hydrogen-bond acceptors (Lipinski definition) is 6. The Hall–Kier alpha value is -3.16. The lowest BCUT2D eigenvalue weighted by molar-refractivity contribution is 0.0944. The molecule has 1 amide bonds. The molecule has 0 fully saturated rings. The third-order valence-electron chi connectivity index (χ3n) is 3.42. The number of nitrogens with zero attached hydrogens (tertiary/aromatic N) is 4. The Labute approximate surface area is 138 Å². The van der Waals surface area contributed by atoms with Crippen molar-refractivity contribution in [3.05, 3.63) is 48.4 Å². The molecule has 8 heteroatoms. The zero-order valence-electron chi connectivity index (χ0n) is 13.3. The summed E-state index contributed by atoms with van der Waals surface area (Å²) in [4.78, 5) is 24.7. The molecular formula is C16H18N6O2. The summed E-state index contributed by atoms with van der Waals surface area (Å²) in [5.41, 5.74) is 6.34. The van der Waals surface area contributed by atoms with Gasteiger partial charge < -0.3 is 20.0 Å². The lowest BCUT2D eigenvalue weighted by Gasteiger charge is -2.08. The molecule has 0 saturated carbocycles. The first-order valence-electron chi connectivity index (χ1n) is 7.64. The van der Waals surface area contributed by atoms with E-state index in [1.807, 2.05) is 10.8 Å². The van der Waals surface area contributed by atoms with E-state index in [0.717, 1.165) is 18.8 Å². The van der Waals surface area contributed by atoms with Gasteiger partial charge in [-0.1, -0.05) is 6.92 Å². The third-order valence-corrected chi connectivity index (χ3v) is 3.42. The molecule has 0 bridgehead atoms. The second-order valence-corrected chi connectivity index (χ2v) is 5.19. The fourth-order valence-electron chi connectivity index (χ4n) is 2.33. The molecule has 0 spiro atoms. The fraction of sp³-hybridized carbons (Fsp3) is 0.250. The summed E-state index contributed by atoms with van der Waals surface area (Å²) in [5.74, 6) is 0.986. The average Bonchev–Trinajstić information content (AvgIpc) is 3.24. The number of aromatic nitrogens is 4. The minimum Gasteiger partial charge on any atom is -0.463 e. The molecule has 3 heterocycles. The maximum Gasteiger partial charge on any atom is 0.270 e. The van der Waals surface area contributed by atoms with Crippen LogP contribution in [0.15, 0.2) is 41.3 Å². The molecule has 0 aliphatic carbocycles. The van der Waals surface area contributed by atoms with Crippen LogP contribution in [0.5, 0.6) is 0 Å². The molecule has 0 aromatic carbocycles. The topological polar surface area (TPSA) is 112 Å². The van der Waals surface area contributed by atoms with E-state index in [-0.39, 0.29) is 17.5 Å². The van der Waals surface area contributed by atoms with Crippen LogP contribution in [0.1, 0.15) is 29.7 Å². The van der Waals surface area contributed by atoms with Gasteiger partial charge in [0.25, 0.3) is 5.91 Å². The number of anilines is 1. The minimum absolute atomic E-state index is 0.0153. The van der Waals surface area contributed by atoms with Crippen LogP contribution in [0.25, 0.3) is 11.5 Å². The average molecular weight is 326 g/mol. The molecule has 0 atom stereocenters. The van der Waals surface area contributed by atoms with E-state index in [1.165, 1.54) is 6.26 Å². The number of amides is 1. The van der Waals surface area contributed by atoms with E-state index in [9.17, 15) is 4.79 Å². The van der Waals surface area contributed by atoms with Crippen LogP contribution in [-0.2, 0) is 13.1 Å². The molecule has 24 heavy (non-hydrogen) atoms. The molecule has 8 nitrogen and oxygen atoms in total. The Morgan fingerprint density at radius 1 is 1.42 bits per heavy atom. The summed E-state index contributed by atoms with van der Waals surface area (Å²) in [5, 5.41) is 2.80. The lowest BCUT2D eigenvalue weighted by atomic mass is 10.2. The van der Waals surface area contributed by atoms with Gasteiger partial charge in [-0.3, -0.25) is 4.79 Å². The van der Waals surface area contributed by atoms with Gasteiger partial charge in [-0.05, 0) is 24.6 Å². The van der Waals surface area contributed by atoms with Gasteiger partial charge >= 0.3 is 0 Å². The number of imidazole rings is 1.